The van der Waals surface area contributed by atoms with Crippen molar-refractivity contribution in [2.24, 2.45) is 0 Å². The van der Waals surface area contributed by atoms with E-state index in [9.17, 15) is 4.79 Å². The molecular formula is C10H12N2O. The number of hydrogen-bond donors (Lipinski definition) is 1. The van der Waals surface area contributed by atoms with E-state index in [4.69, 9.17) is 0 Å². The SMILES string of the molecule is C/C=C/C(=O)Nc1ccc(C)cn1. The highest BCUT2D eigenvalue weighted by Crippen LogP contribution is 2.03. The van der Waals surface area contributed by atoms with Crippen molar-refractivity contribution in [2.75, 3.05) is 5.32 Å². The average Bonchev–Trinajstić information content (AvgIpc) is 2.09. The van der Waals surface area contributed by atoms with E-state index in [0.29, 0.717) is 5.82 Å². The van der Waals surface area contributed by atoms with Gasteiger partial charge in [0.15, 0.2) is 0 Å². The summed E-state index contributed by atoms with van der Waals surface area (Å²) < 4.78 is 0. The van der Waals surface area contributed by atoms with E-state index in [1.807, 2.05) is 13.0 Å². The van der Waals surface area contributed by atoms with Gasteiger partial charge in [0.25, 0.3) is 0 Å². The lowest BCUT2D eigenvalue weighted by Gasteiger charge is -2.00. The van der Waals surface area contributed by atoms with Crippen molar-refractivity contribution in [3.63, 3.8) is 0 Å². The van der Waals surface area contributed by atoms with Gasteiger partial charge in [0.1, 0.15) is 5.82 Å². The maximum atomic E-state index is 11.1. The number of pyridine rings is 1. The molecule has 3 nitrogen and oxygen atoms in total. The molecule has 13 heavy (non-hydrogen) atoms. The molecule has 3 heteroatoms. The number of carbonyl (C=O) groups excluding carboxylic acids is 1. The third-order valence-corrected chi connectivity index (χ3v) is 1.48. The number of anilines is 1. The van der Waals surface area contributed by atoms with Crippen molar-refractivity contribution in [3.8, 4) is 0 Å². The second-order valence-corrected chi connectivity index (χ2v) is 2.71. The Morgan fingerprint density at radius 2 is 2.31 bits per heavy atom. The first-order chi connectivity index (χ1) is 6.22. The average molecular weight is 176 g/mol. The summed E-state index contributed by atoms with van der Waals surface area (Å²) in [7, 11) is 0. The zero-order valence-corrected chi connectivity index (χ0v) is 7.74. The summed E-state index contributed by atoms with van der Waals surface area (Å²) in [6.45, 7) is 3.74. The molecule has 0 aliphatic carbocycles. The number of aromatic nitrogens is 1. The highest BCUT2D eigenvalue weighted by molar-refractivity contribution is 5.98. The Morgan fingerprint density at radius 1 is 1.54 bits per heavy atom. The first kappa shape index (κ1) is 9.45. The standard InChI is InChI=1S/C10H12N2O/c1-3-4-10(13)12-9-6-5-8(2)7-11-9/h3-7H,1-2H3,(H,11,12,13)/b4-3+. The number of nitrogens with zero attached hydrogens (tertiary/aromatic N) is 1. The minimum absolute atomic E-state index is 0.154. The van der Waals surface area contributed by atoms with E-state index in [0.717, 1.165) is 5.56 Å². The number of amides is 1. The zero-order valence-electron chi connectivity index (χ0n) is 7.74. The number of allylic oxidation sites excluding steroid dienone is 1. The van der Waals surface area contributed by atoms with Crippen LogP contribution >= 0.6 is 0 Å². The Labute approximate surface area is 77.5 Å². The van der Waals surface area contributed by atoms with Crippen LogP contribution in [0.1, 0.15) is 12.5 Å². The molecule has 0 aliphatic heterocycles. The van der Waals surface area contributed by atoms with E-state index in [2.05, 4.69) is 10.3 Å². The Hall–Kier alpha value is -1.64. The number of hydrogen-bond acceptors (Lipinski definition) is 2. The van der Waals surface area contributed by atoms with Crippen LogP contribution in [0.25, 0.3) is 0 Å². The summed E-state index contributed by atoms with van der Waals surface area (Å²) in [5.41, 5.74) is 1.07. The normalized spacial score (nSPS) is 10.3. The first-order valence-electron chi connectivity index (χ1n) is 4.08. The van der Waals surface area contributed by atoms with Crippen molar-refractivity contribution in [3.05, 3.63) is 36.0 Å². The summed E-state index contributed by atoms with van der Waals surface area (Å²) in [6.07, 6.45) is 4.86. The van der Waals surface area contributed by atoms with Gasteiger partial charge in [-0.2, -0.15) is 0 Å². The van der Waals surface area contributed by atoms with Crippen LogP contribution in [0.15, 0.2) is 30.5 Å². The predicted octanol–water partition coefficient (Wildman–Crippen LogP) is 1.90. The minimum atomic E-state index is -0.154. The highest BCUT2D eigenvalue weighted by atomic mass is 16.1. The molecule has 1 N–H and O–H groups in total. The van der Waals surface area contributed by atoms with Crippen molar-refractivity contribution in [1.82, 2.24) is 4.98 Å². The molecule has 0 aliphatic rings. The third kappa shape index (κ3) is 3.07. The molecule has 0 radical (unpaired) electrons. The first-order valence-corrected chi connectivity index (χ1v) is 4.08. The van der Waals surface area contributed by atoms with Crippen LogP contribution in [-0.2, 0) is 4.79 Å². The Bertz CT molecular complexity index is 314. The molecule has 1 aromatic heterocycles. The molecule has 0 atom stereocenters. The molecule has 1 amide bonds. The number of aryl methyl sites for hydroxylation is 1. The van der Waals surface area contributed by atoms with Crippen molar-refractivity contribution in [1.29, 1.82) is 0 Å². The minimum Gasteiger partial charge on any atom is -0.307 e. The van der Waals surface area contributed by atoms with Gasteiger partial charge < -0.3 is 5.32 Å². The van der Waals surface area contributed by atoms with Gasteiger partial charge in [0.05, 0.1) is 0 Å². The molecular weight excluding hydrogens is 164 g/mol. The summed E-state index contributed by atoms with van der Waals surface area (Å²) >= 11 is 0. The second kappa shape index (κ2) is 4.40. The number of carbonyl (C=O) groups is 1. The molecule has 0 aromatic carbocycles. The molecule has 0 bridgehead atoms. The largest absolute Gasteiger partial charge is 0.307 e. The fraction of sp³-hybridized carbons (Fsp3) is 0.200. The molecule has 0 fully saturated rings. The van der Waals surface area contributed by atoms with Crippen LogP contribution in [0, 0.1) is 6.92 Å². The van der Waals surface area contributed by atoms with Gasteiger partial charge in [-0.05, 0) is 31.6 Å². The maximum Gasteiger partial charge on any atom is 0.249 e. The van der Waals surface area contributed by atoms with E-state index in [1.165, 1.54) is 6.08 Å². The molecule has 1 aromatic rings. The van der Waals surface area contributed by atoms with Crippen LogP contribution in [0.2, 0.25) is 0 Å². The van der Waals surface area contributed by atoms with Crippen LogP contribution in [0.4, 0.5) is 5.82 Å². The van der Waals surface area contributed by atoms with Crippen LogP contribution in [0.3, 0.4) is 0 Å². The van der Waals surface area contributed by atoms with Gasteiger partial charge in [0, 0.05) is 6.20 Å². The molecule has 0 saturated heterocycles. The molecule has 1 rings (SSSR count). The Kier molecular flexibility index (Phi) is 3.20. The molecule has 0 unspecified atom stereocenters. The van der Waals surface area contributed by atoms with Gasteiger partial charge >= 0.3 is 0 Å². The van der Waals surface area contributed by atoms with E-state index in [-0.39, 0.29) is 5.91 Å². The fourth-order valence-electron chi connectivity index (χ4n) is 0.861. The van der Waals surface area contributed by atoms with Crippen molar-refractivity contribution >= 4 is 11.7 Å². The monoisotopic (exact) mass is 176 g/mol. The summed E-state index contributed by atoms with van der Waals surface area (Å²) in [5.74, 6) is 0.424. The number of nitrogens with one attached hydrogen (secondary N) is 1. The smallest absolute Gasteiger partial charge is 0.249 e. The predicted molar refractivity (Wildman–Crippen MR) is 52.4 cm³/mol. The second-order valence-electron chi connectivity index (χ2n) is 2.71. The van der Waals surface area contributed by atoms with Gasteiger partial charge in [-0.15, -0.1) is 0 Å². The third-order valence-electron chi connectivity index (χ3n) is 1.48. The Morgan fingerprint density at radius 3 is 2.85 bits per heavy atom. The van der Waals surface area contributed by atoms with Crippen LogP contribution in [-0.4, -0.2) is 10.9 Å². The topological polar surface area (TPSA) is 42.0 Å². The van der Waals surface area contributed by atoms with Gasteiger partial charge in [-0.1, -0.05) is 12.1 Å². The molecule has 0 saturated carbocycles. The highest BCUT2D eigenvalue weighted by Gasteiger charge is 1.96. The summed E-state index contributed by atoms with van der Waals surface area (Å²) in [4.78, 5) is 15.1. The lowest BCUT2D eigenvalue weighted by molar-refractivity contribution is -0.111. The van der Waals surface area contributed by atoms with E-state index in [1.54, 1.807) is 25.3 Å². The summed E-state index contributed by atoms with van der Waals surface area (Å²) in [5, 5.41) is 2.63. The Balaban J connectivity index is 2.64. The lowest BCUT2D eigenvalue weighted by Crippen LogP contribution is -2.08. The maximum absolute atomic E-state index is 11.1. The van der Waals surface area contributed by atoms with Crippen molar-refractivity contribution in [2.45, 2.75) is 13.8 Å². The quantitative estimate of drug-likeness (QED) is 0.699. The van der Waals surface area contributed by atoms with Gasteiger partial charge in [0.2, 0.25) is 5.91 Å². The summed E-state index contributed by atoms with van der Waals surface area (Å²) in [6, 6.07) is 3.68. The zero-order chi connectivity index (χ0) is 9.68. The molecule has 1 heterocycles. The molecule has 68 valence electrons. The van der Waals surface area contributed by atoms with Crippen LogP contribution < -0.4 is 5.32 Å². The van der Waals surface area contributed by atoms with Crippen molar-refractivity contribution < 1.29 is 4.79 Å². The fourth-order valence-corrected chi connectivity index (χ4v) is 0.861. The molecule has 0 spiro atoms. The van der Waals surface area contributed by atoms with Gasteiger partial charge in [-0.25, -0.2) is 4.98 Å². The van der Waals surface area contributed by atoms with E-state index < -0.39 is 0 Å². The van der Waals surface area contributed by atoms with Crippen LogP contribution in [0.5, 0.6) is 0 Å². The lowest BCUT2D eigenvalue weighted by atomic mass is 10.3. The van der Waals surface area contributed by atoms with Gasteiger partial charge in [-0.3, -0.25) is 4.79 Å². The number of rotatable bonds is 2. The van der Waals surface area contributed by atoms with E-state index >= 15 is 0 Å².